The monoisotopic (exact) mass is 1040 g/mol. The molecule has 0 aromatic carbocycles. The van der Waals surface area contributed by atoms with E-state index in [1.807, 2.05) is 32.8 Å². The van der Waals surface area contributed by atoms with E-state index in [-0.39, 0.29) is 42.4 Å². The molecule has 0 rings (SSSR count). The van der Waals surface area contributed by atoms with Crippen LogP contribution in [0.5, 0.6) is 0 Å². The molecule has 0 aliphatic carbocycles. The van der Waals surface area contributed by atoms with Gasteiger partial charge in [0.2, 0.25) is 0 Å². The SMILES string of the molecule is C=C(C)C(=O)OCC.C=C(C)C(=O)OCC(C)C.C=C(C)C(=O)OCCCCCCCCCCCC.C=C(C)C(=O)OCCC[Si](OC)(OC)OC.C=C(C)C(=O)OCCN(C)C.C=CCOC(=O)C(=C)C. The van der Waals surface area contributed by atoms with Crippen LogP contribution >= 0.6 is 0 Å². The number of carbonyl (C=O) groups excluding carboxylic acids is 6. The van der Waals surface area contributed by atoms with Crippen LogP contribution < -0.4 is 0 Å². The quantitative estimate of drug-likeness (QED) is 0.0154. The van der Waals surface area contributed by atoms with Crippen molar-refractivity contribution < 1.29 is 70.5 Å². The molecule has 0 unspecified atom stereocenters. The molecule has 418 valence electrons. The predicted octanol–water partition coefficient (Wildman–Crippen LogP) is 11.2. The van der Waals surface area contributed by atoms with Crippen LogP contribution in [-0.2, 0) is 70.5 Å². The summed E-state index contributed by atoms with van der Waals surface area (Å²) in [6.07, 6.45) is 15.1. The van der Waals surface area contributed by atoms with Crippen molar-refractivity contribution in [3.8, 4) is 0 Å². The lowest BCUT2D eigenvalue weighted by Crippen LogP contribution is -2.42. The van der Waals surface area contributed by atoms with Gasteiger partial charge in [-0.15, -0.1) is 0 Å². The van der Waals surface area contributed by atoms with Crippen molar-refractivity contribution in [2.75, 3.05) is 81.6 Å². The van der Waals surface area contributed by atoms with Gasteiger partial charge in [0.05, 0.1) is 26.4 Å². The van der Waals surface area contributed by atoms with Crippen molar-refractivity contribution in [3.63, 3.8) is 0 Å². The van der Waals surface area contributed by atoms with Crippen LogP contribution in [0.2, 0.25) is 6.04 Å². The lowest BCUT2D eigenvalue weighted by atomic mass is 10.1. The highest BCUT2D eigenvalue weighted by molar-refractivity contribution is 6.60. The van der Waals surface area contributed by atoms with Crippen LogP contribution in [0.3, 0.4) is 0 Å². The van der Waals surface area contributed by atoms with Crippen LogP contribution in [0, 0.1) is 5.92 Å². The molecule has 0 spiro atoms. The van der Waals surface area contributed by atoms with Crippen molar-refractivity contribution in [2.24, 2.45) is 5.92 Å². The van der Waals surface area contributed by atoms with E-state index in [1.54, 1.807) is 69.8 Å². The van der Waals surface area contributed by atoms with Gasteiger partial charge in [-0.25, -0.2) is 28.8 Å². The molecule has 0 radical (unpaired) electrons. The average Bonchev–Trinajstić information content (AvgIpc) is 3.32. The smallest absolute Gasteiger partial charge is 0.463 e. The Morgan fingerprint density at radius 3 is 1.10 bits per heavy atom. The highest BCUT2D eigenvalue weighted by atomic mass is 28.4. The molecule has 0 amide bonds. The predicted molar refractivity (Wildman–Crippen MR) is 292 cm³/mol. The zero-order chi connectivity index (χ0) is 57.1. The van der Waals surface area contributed by atoms with E-state index in [2.05, 4.69) is 62.5 Å². The number of unbranched alkanes of at least 4 members (excludes halogenated alkanes) is 9. The minimum absolute atomic E-state index is 0.256. The summed E-state index contributed by atoms with van der Waals surface area (Å²) in [5.74, 6) is -1.53. The zero-order valence-corrected chi connectivity index (χ0v) is 48.6. The molecule has 0 aromatic heterocycles. The van der Waals surface area contributed by atoms with Gasteiger partial charge in [0.1, 0.15) is 13.2 Å². The van der Waals surface area contributed by atoms with E-state index >= 15 is 0 Å². The molecule has 0 atom stereocenters. The number of carbonyl (C=O) groups is 6. The van der Waals surface area contributed by atoms with Gasteiger partial charge in [-0.2, -0.15) is 0 Å². The number of nitrogens with zero attached hydrogens (tertiary/aromatic N) is 1. The average molecular weight is 1040 g/mol. The van der Waals surface area contributed by atoms with E-state index in [9.17, 15) is 28.8 Å². The molecular formula is C55H99NO15Si. The number of rotatable bonds is 32. The first-order valence-corrected chi connectivity index (χ1v) is 26.4. The second kappa shape index (κ2) is 53.8. The van der Waals surface area contributed by atoms with E-state index in [0.717, 1.165) is 13.0 Å². The third kappa shape index (κ3) is 59.4. The maximum absolute atomic E-state index is 11.1. The number of likely N-dealkylation sites (N-methyl/N-ethyl adjacent to an activating group) is 1. The van der Waals surface area contributed by atoms with Gasteiger partial charge in [-0.05, 0) is 81.3 Å². The van der Waals surface area contributed by atoms with Crippen molar-refractivity contribution in [3.05, 3.63) is 85.6 Å². The summed E-state index contributed by atoms with van der Waals surface area (Å²) < 4.78 is 44.5. The summed E-state index contributed by atoms with van der Waals surface area (Å²) in [6.45, 7) is 45.1. The highest BCUT2D eigenvalue weighted by Gasteiger charge is 2.37. The third-order valence-electron chi connectivity index (χ3n) is 8.54. The lowest BCUT2D eigenvalue weighted by Gasteiger charge is -2.24. The highest BCUT2D eigenvalue weighted by Crippen LogP contribution is 2.15. The van der Waals surface area contributed by atoms with Gasteiger partial charge in [0.25, 0.3) is 0 Å². The Labute approximate surface area is 437 Å². The molecule has 0 aliphatic rings. The molecule has 0 aromatic rings. The molecule has 72 heavy (non-hydrogen) atoms. The number of hydrogen-bond donors (Lipinski definition) is 0. The van der Waals surface area contributed by atoms with Crippen molar-refractivity contribution in [1.82, 2.24) is 4.90 Å². The van der Waals surface area contributed by atoms with Crippen LogP contribution in [0.4, 0.5) is 0 Å². The van der Waals surface area contributed by atoms with Crippen LogP contribution in [-0.4, -0.2) is 131 Å². The first-order chi connectivity index (χ1) is 33.6. The summed E-state index contributed by atoms with van der Waals surface area (Å²) in [5.41, 5.74) is 2.66. The van der Waals surface area contributed by atoms with E-state index in [1.165, 1.54) is 63.9 Å². The number of ether oxygens (including phenoxy) is 6. The van der Waals surface area contributed by atoms with Gasteiger partial charge >= 0.3 is 44.6 Å². The van der Waals surface area contributed by atoms with Crippen molar-refractivity contribution in [2.45, 2.75) is 146 Å². The van der Waals surface area contributed by atoms with E-state index in [0.29, 0.717) is 84.9 Å². The largest absolute Gasteiger partial charge is 0.500 e. The fourth-order valence-corrected chi connectivity index (χ4v) is 6.02. The zero-order valence-electron chi connectivity index (χ0n) is 47.6. The number of esters is 6. The minimum Gasteiger partial charge on any atom is -0.463 e. The molecule has 16 nitrogen and oxygen atoms in total. The molecule has 0 saturated heterocycles. The van der Waals surface area contributed by atoms with Gasteiger partial charge in [-0.3, -0.25) is 0 Å². The Balaban J connectivity index is -0.000000186. The molecule has 0 heterocycles. The Kier molecular flexibility index (Phi) is 58.7. The maximum Gasteiger partial charge on any atom is 0.500 e. The Hall–Kier alpha value is -4.94. The topological polar surface area (TPSA) is 189 Å². The van der Waals surface area contributed by atoms with Crippen molar-refractivity contribution >= 4 is 44.6 Å². The van der Waals surface area contributed by atoms with Crippen LogP contribution in [0.25, 0.3) is 0 Å². The van der Waals surface area contributed by atoms with Gasteiger partial charge in [0, 0.05) is 67.4 Å². The maximum atomic E-state index is 11.1. The molecule has 0 aliphatic heterocycles. The Bertz CT molecular complexity index is 1570. The molecular weight excluding hydrogens is 943 g/mol. The molecule has 0 N–H and O–H groups in total. The molecule has 0 saturated carbocycles. The second-order valence-corrected chi connectivity index (χ2v) is 20.2. The summed E-state index contributed by atoms with van der Waals surface area (Å²) in [7, 11) is 5.98. The first kappa shape index (κ1) is 78.5. The lowest BCUT2D eigenvalue weighted by molar-refractivity contribution is -0.140. The van der Waals surface area contributed by atoms with Crippen molar-refractivity contribution in [1.29, 1.82) is 0 Å². The fourth-order valence-electron chi connectivity index (χ4n) is 4.33. The summed E-state index contributed by atoms with van der Waals surface area (Å²) in [4.78, 5) is 66.6. The standard InChI is InChI=1S/C16H30O2.C10H20O5Si.C8H15NO2.C8H14O2.C7H10O2.C6H10O2/c1-4-5-6-7-8-9-10-11-12-13-14-18-16(17)15(2)3;1-9(2)10(11)15-7-6-8-16(12-3,13-4)14-5;1-7(2)8(10)11-6-5-9(3)4;1-6(2)5-10-8(9)7(3)4;1-4-5-9-7(8)6(2)3;1-4-8-6(7)5(2)3/h2,4-14H2,1,3H3;1,6-8H2,2-5H3;1,5-6H2,2-4H3;6H,3,5H2,1-2,4H3;4H,1-2,5H2,3H3;2,4H2,1,3H3. The van der Waals surface area contributed by atoms with Crippen LogP contribution in [0.15, 0.2) is 85.6 Å². The van der Waals surface area contributed by atoms with E-state index < -0.39 is 8.80 Å². The van der Waals surface area contributed by atoms with Gasteiger partial charge in [-0.1, -0.05) is 131 Å². The Morgan fingerprint density at radius 2 is 0.792 bits per heavy atom. The van der Waals surface area contributed by atoms with E-state index in [4.69, 9.17) is 32.2 Å². The normalized spacial score (nSPS) is 9.85. The van der Waals surface area contributed by atoms with Gasteiger partial charge < -0.3 is 46.6 Å². The van der Waals surface area contributed by atoms with Crippen LogP contribution in [0.1, 0.15) is 140 Å². The molecule has 0 bridgehead atoms. The fraction of sp³-hybridized carbons (Fsp3) is 0.636. The molecule has 0 fully saturated rings. The summed E-state index contributed by atoms with van der Waals surface area (Å²) in [5, 5.41) is 0. The summed E-state index contributed by atoms with van der Waals surface area (Å²) >= 11 is 0. The number of hydrogen-bond acceptors (Lipinski definition) is 16. The second-order valence-electron chi connectivity index (χ2n) is 17.1. The first-order valence-electron chi connectivity index (χ1n) is 24.5. The Morgan fingerprint density at radius 1 is 0.472 bits per heavy atom. The van der Waals surface area contributed by atoms with Gasteiger partial charge in [0.15, 0.2) is 0 Å². The molecule has 17 heteroatoms. The third-order valence-corrected chi connectivity index (χ3v) is 11.4. The summed E-state index contributed by atoms with van der Waals surface area (Å²) in [6, 6.07) is 0.611. The minimum atomic E-state index is -2.53.